The van der Waals surface area contributed by atoms with E-state index in [4.69, 9.17) is 26.2 Å². The first-order chi connectivity index (χ1) is 5.54. The highest BCUT2D eigenvalue weighted by atomic mass is 19.1. The van der Waals surface area contributed by atoms with E-state index in [1.807, 2.05) is 0 Å². The second-order valence-electron chi connectivity index (χ2n) is 2.49. The van der Waals surface area contributed by atoms with Crippen LogP contribution >= 0.6 is 0 Å². The van der Waals surface area contributed by atoms with Crippen molar-refractivity contribution in [1.82, 2.24) is 0 Å². The van der Waals surface area contributed by atoms with Crippen molar-refractivity contribution in [2.75, 3.05) is 13.2 Å². The maximum atomic E-state index is 12.8. The molecular formula is C6H14FNO4. The van der Waals surface area contributed by atoms with Crippen molar-refractivity contribution in [3.63, 3.8) is 0 Å². The van der Waals surface area contributed by atoms with E-state index in [-0.39, 0.29) is 6.54 Å². The summed E-state index contributed by atoms with van der Waals surface area (Å²) in [4.78, 5) is 0. The Morgan fingerprint density at radius 1 is 1.17 bits per heavy atom. The van der Waals surface area contributed by atoms with Gasteiger partial charge < -0.3 is 26.2 Å². The maximum Gasteiger partial charge on any atom is 0.156 e. The summed E-state index contributed by atoms with van der Waals surface area (Å²) < 4.78 is 12.8. The Morgan fingerprint density at radius 3 is 2.00 bits per heavy atom. The summed E-state index contributed by atoms with van der Waals surface area (Å²) in [5.41, 5.74) is 4.93. The molecule has 0 fully saturated rings. The van der Waals surface area contributed by atoms with E-state index < -0.39 is 31.1 Å². The average Bonchev–Trinajstić information content (AvgIpc) is 2.12. The molecule has 0 aliphatic carbocycles. The molecule has 0 aliphatic heterocycles. The number of aliphatic hydroxyl groups is 4. The standard InChI is InChI=1S/C6H14FNO4/c7-5(4(11)2-9)6(12)3(10)1-8/h3-6,9-12H,1-2,8H2. The normalized spacial score (nSPS) is 21.5. The van der Waals surface area contributed by atoms with Crippen LogP contribution in [0.2, 0.25) is 0 Å². The van der Waals surface area contributed by atoms with E-state index in [0.29, 0.717) is 0 Å². The van der Waals surface area contributed by atoms with Gasteiger partial charge in [0.2, 0.25) is 0 Å². The largest absolute Gasteiger partial charge is 0.394 e. The van der Waals surface area contributed by atoms with Gasteiger partial charge in [-0.25, -0.2) is 4.39 Å². The van der Waals surface area contributed by atoms with Gasteiger partial charge in [0.25, 0.3) is 0 Å². The van der Waals surface area contributed by atoms with Gasteiger partial charge >= 0.3 is 0 Å². The van der Waals surface area contributed by atoms with Gasteiger partial charge in [0, 0.05) is 6.54 Å². The highest BCUT2D eigenvalue weighted by molar-refractivity contribution is 4.81. The van der Waals surface area contributed by atoms with Gasteiger partial charge in [-0.2, -0.15) is 0 Å². The SMILES string of the molecule is NCC(O)C(O)C(F)C(O)CO. The fourth-order valence-electron chi connectivity index (χ4n) is 0.680. The lowest BCUT2D eigenvalue weighted by atomic mass is 10.1. The predicted octanol–water partition coefficient (Wildman–Crippen LogP) is -2.64. The van der Waals surface area contributed by atoms with Crippen molar-refractivity contribution in [3.8, 4) is 0 Å². The first-order valence-electron chi connectivity index (χ1n) is 3.53. The Labute approximate surface area is 69.2 Å². The molecule has 0 heterocycles. The van der Waals surface area contributed by atoms with Crippen molar-refractivity contribution < 1.29 is 24.8 Å². The summed E-state index contributed by atoms with van der Waals surface area (Å²) in [6.45, 7) is -1.12. The molecule has 4 unspecified atom stereocenters. The van der Waals surface area contributed by atoms with Crippen molar-refractivity contribution in [2.24, 2.45) is 5.73 Å². The third-order valence-corrected chi connectivity index (χ3v) is 1.52. The van der Waals surface area contributed by atoms with Crippen LogP contribution in [0.1, 0.15) is 0 Å². The maximum absolute atomic E-state index is 12.8. The number of nitrogens with two attached hydrogens (primary N) is 1. The molecule has 12 heavy (non-hydrogen) atoms. The zero-order valence-electron chi connectivity index (χ0n) is 6.47. The van der Waals surface area contributed by atoms with Crippen LogP contribution in [0.4, 0.5) is 4.39 Å². The third kappa shape index (κ3) is 3.00. The molecular weight excluding hydrogens is 169 g/mol. The molecule has 0 bridgehead atoms. The number of aliphatic hydroxyl groups excluding tert-OH is 4. The van der Waals surface area contributed by atoms with Crippen LogP contribution in [0.3, 0.4) is 0 Å². The first-order valence-corrected chi connectivity index (χ1v) is 3.53. The highest BCUT2D eigenvalue weighted by Gasteiger charge is 2.30. The summed E-state index contributed by atoms with van der Waals surface area (Å²) in [6, 6.07) is 0. The van der Waals surface area contributed by atoms with Crippen molar-refractivity contribution in [3.05, 3.63) is 0 Å². The quantitative estimate of drug-likeness (QED) is 0.320. The third-order valence-electron chi connectivity index (χ3n) is 1.52. The van der Waals surface area contributed by atoms with E-state index >= 15 is 0 Å². The summed E-state index contributed by atoms with van der Waals surface area (Å²) in [7, 11) is 0. The lowest BCUT2D eigenvalue weighted by Crippen LogP contribution is -2.45. The fraction of sp³-hybridized carbons (Fsp3) is 1.00. The van der Waals surface area contributed by atoms with Gasteiger partial charge in [-0.1, -0.05) is 0 Å². The molecule has 0 spiro atoms. The number of hydrogen-bond acceptors (Lipinski definition) is 5. The monoisotopic (exact) mass is 183 g/mol. The number of hydrogen-bond donors (Lipinski definition) is 5. The summed E-state index contributed by atoms with van der Waals surface area (Å²) in [6.07, 6.45) is -6.98. The molecule has 0 aromatic rings. The fourth-order valence-corrected chi connectivity index (χ4v) is 0.680. The van der Waals surface area contributed by atoms with Crippen LogP contribution in [0.5, 0.6) is 0 Å². The molecule has 0 aromatic carbocycles. The zero-order chi connectivity index (χ0) is 9.72. The molecule has 74 valence electrons. The van der Waals surface area contributed by atoms with Crippen LogP contribution in [0, 0.1) is 0 Å². The zero-order valence-corrected chi connectivity index (χ0v) is 6.47. The van der Waals surface area contributed by atoms with Crippen LogP contribution < -0.4 is 5.73 Å². The summed E-state index contributed by atoms with van der Waals surface area (Å²) in [5.74, 6) is 0. The van der Waals surface area contributed by atoms with Crippen LogP contribution in [0.15, 0.2) is 0 Å². The van der Waals surface area contributed by atoms with Crippen LogP contribution in [-0.2, 0) is 0 Å². The van der Waals surface area contributed by atoms with Gasteiger partial charge in [-0.05, 0) is 0 Å². The second-order valence-corrected chi connectivity index (χ2v) is 2.49. The number of alkyl halides is 1. The minimum absolute atomic E-state index is 0.306. The smallest absolute Gasteiger partial charge is 0.156 e. The highest BCUT2D eigenvalue weighted by Crippen LogP contribution is 2.08. The average molecular weight is 183 g/mol. The molecule has 0 radical (unpaired) electrons. The number of halogens is 1. The predicted molar refractivity (Wildman–Crippen MR) is 39.1 cm³/mol. The van der Waals surface area contributed by atoms with Crippen molar-refractivity contribution in [2.45, 2.75) is 24.5 Å². The van der Waals surface area contributed by atoms with E-state index in [0.717, 1.165) is 0 Å². The summed E-state index contributed by atoms with van der Waals surface area (Å²) >= 11 is 0. The molecule has 0 rings (SSSR count). The topological polar surface area (TPSA) is 107 Å². The Balaban J connectivity index is 3.99. The molecule has 0 saturated heterocycles. The molecule has 6 heteroatoms. The van der Waals surface area contributed by atoms with E-state index in [2.05, 4.69) is 0 Å². The molecule has 6 N–H and O–H groups in total. The first kappa shape index (κ1) is 11.7. The Bertz CT molecular complexity index is 112. The van der Waals surface area contributed by atoms with Crippen LogP contribution in [0.25, 0.3) is 0 Å². The molecule has 0 aromatic heterocycles. The summed E-state index contributed by atoms with van der Waals surface area (Å²) in [5, 5.41) is 34.7. The lowest BCUT2D eigenvalue weighted by Gasteiger charge is -2.22. The Kier molecular flexibility index (Phi) is 5.27. The molecule has 4 atom stereocenters. The van der Waals surface area contributed by atoms with E-state index in [1.54, 1.807) is 0 Å². The van der Waals surface area contributed by atoms with Gasteiger partial charge in [0.15, 0.2) is 6.17 Å². The van der Waals surface area contributed by atoms with E-state index in [9.17, 15) is 4.39 Å². The van der Waals surface area contributed by atoms with Crippen molar-refractivity contribution in [1.29, 1.82) is 0 Å². The Hall–Kier alpha value is -0.270. The van der Waals surface area contributed by atoms with Gasteiger partial charge in [0.05, 0.1) is 12.7 Å². The molecule has 0 saturated carbocycles. The molecule has 5 nitrogen and oxygen atoms in total. The Morgan fingerprint density at radius 2 is 1.67 bits per heavy atom. The molecule has 0 amide bonds. The van der Waals surface area contributed by atoms with Gasteiger partial charge in [-0.15, -0.1) is 0 Å². The van der Waals surface area contributed by atoms with Crippen LogP contribution in [-0.4, -0.2) is 58.1 Å². The second kappa shape index (κ2) is 5.39. The van der Waals surface area contributed by atoms with E-state index in [1.165, 1.54) is 0 Å². The van der Waals surface area contributed by atoms with Gasteiger partial charge in [-0.3, -0.25) is 0 Å². The minimum Gasteiger partial charge on any atom is -0.394 e. The number of rotatable bonds is 5. The lowest BCUT2D eigenvalue weighted by molar-refractivity contribution is -0.0787. The molecule has 0 aliphatic rings. The minimum atomic E-state index is -2.09. The van der Waals surface area contributed by atoms with Gasteiger partial charge in [0.1, 0.15) is 12.2 Å². The van der Waals surface area contributed by atoms with Crippen molar-refractivity contribution >= 4 is 0 Å².